The summed E-state index contributed by atoms with van der Waals surface area (Å²) in [5.74, 6) is 1.39. The van der Waals surface area contributed by atoms with Crippen LogP contribution < -0.4 is 0 Å². The lowest BCUT2D eigenvalue weighted by atomic mass is 9.95. The van der Waals surface area contributed by atoms with Crippen LogP contribution in [0.2, 0.25) is 0 Å². The first-order chi connectivity index (χ1) is 10.7. The molecule has 3 aromatic rings. The summed E-state index contributed by atoms with van der Waals surface area (Å²) in [6.45, 7) is 3.58. The number of rotatable bonds is 2. The summed E-state index contributed by atoms with van der Waals surface area (Å²) in [6, 6.07) is 0. The number of hydrogen-bond acceptors (Lipinski definition) is 5. The third-order valence-electron chi connectivity index (χ3n) is 4.21. The second-order valence-corrected chi connectivity index (χ2v) is 7.20. The average molecular weight is 332 g/mol. The van der Waals surface area contributed by atoms with Crippen molar-refractivity contribution < 1.29 is 4.79 Å². The molecule has 1 aliphatic heterocycles. The number of carbonyl (C=O) groups excluding carboxylic acids is 1. The van der Waals surface area contributed by atoms with Gasteiger partial charge in [0.05, 0.1) is 11.2 Å². The molecule has 0 saturated carbocycles. The van der Waals surface area contributed by atoms with Gasteiger partial charge >= 0.3 is 0 Å². The van der Waals surface area contributed by atoms with Crippen LogP contribution in [0.15, 0.2) is 22.5 Å². The van der Waals surface area contributed by atoms with Crippen LogP contribution in [-0.4, -0.2) is 38.3 Å². The van der Waals surface area contributed by atoms with E-state index in [-0.39, 0.29) is 5.91 Å². The van der Waals surface area contributed by atoms with Crippen LogP contribution in [0.25, 0.3) is 4.83 Å². The summed E-state index contributed by atoms with van der Waals surface area (Å²) in [5, 5.41) is 3.92. The van der Waals surface area contributed by atoms with Gasteiger partial charge < -0.3 is 4.90 Å². The highest BCUT2D eigenvalue weighted by atomic mass is 32.1. The van der Waals surface area contributed by atoms with Gasteiger partial charge in [0.2, 0.25) is 0 Å². The van der Waals surface area contributed by atoms with Gasteiger partial charge in [-0.2, -0.15) is 0 Å². The molecule has 4 rings (SSSR count). The maximum atomic E-state index is 12.5. The molecule has 0 unspecified atom stereocenters. The van der Waals surface area contributed by atoms with Crippen molar-refractivity contribution in [3.05, 3.63) is 39.7 Å². The first kappa shape index (κ1) is 13.9. The number of thiazole rings is 2. The van der Waals surface area contributed by atoms with Crippen molar-refractivity contribution in [2.24, 2.45) is 0 Å². The van der Waals surface area contributed by atoms with E-state index in [9.17, 15) is 4.79 Å². The van der Waals surface area contributed by atoms with E-state index in [1.54, 1.807) is 16.8 Å². The molecule has 1 amide bonds. The first-order valence-electron chi connectivity index (χ1n) is 7.33. The summed E-state index contributed by atoms with van der Waals surface area (Å²) in [5.41, 5.74) is 3.42. The molecule has 1 atom stereocenters. The van der Waals surface area contributed by atoms with Crippen LogP contribution in [0.1, 0.15) is 40.8 Å². The van der Waals surface area contributed by atoms with Gasteiger partial charge in [-0.05, 0) is 19.8 Å². The highest BCUT2D eigenvalue weighted by Gasteiger charge is 2.29. The van der Waals surface area contributed by atoms with Crippen molar-refractivity contribution in [1.29, 1.82) is 0 Å². The largest absolute Gasteiger partial charge is 0.337 e. The van der Waals surface area contributed by atoms with Gasteiger partial charge in [0.25, 0.3) is 5.91 Å². The summed E-state index contributed by atoms with van der Waals surface area (Å²) >= 11 is 3.18. The number of carbonyl (C=O) groups is 1. The summed E-state index contributed by atoms with van der Waals surface area (Å²) in [6.07, 6.45) is 4.17. The van der Waals surface area contributed by atoms with Gasteiger partial charge in [0.1, 0.15) is 16.3 Å². The standard InChI is InChI=1S/C15H16N4OS2/c1-10-17-13(15-19(10)5-6-22-15)11-3-2-4-18(7-11)14(20)12-8-21-9-16-12/h5-6,8-9,11H,2-4,7H2,1H3/t11-/m0/s1. The van der Waals surface area contributed by atoms with Crippen LogP contribution in [0, 0.1) is 6.92 Å². The van der Waals surface area contributed by atoms with E-state index in [0.717, 1.165) is 37.4 Å². The molecular weight excluding hydrogens is 316 g/mol. The number of hydrogen-bond donors (Lipinski definition) is 0. The molecule has 0 N–H and O–H groups in total. The second kappa shape index (κ2) is 5.48. The lowest BCUT2D eigenvalue weighted by molar-refractivity contribution is 0.0701. The van der Waals surface area contributed by atoms with Crippen LogP contribution in [0.3, 0.4) is 0 Å². The fourth-order valence-electron chi connectivity index (χ4n) is 3.13. The Balaban J connectivity index is 1.61. The van der Waals surface area contributed by atoms with E-state index in [4.69, 9.17) is 4.98 Å². The fourth-order valence-corrected chi connectivity index (χ4v) is 4.60. The summed E-state index contributed by atoms with van der Waals surface area (Å²) in [4.78, 5) is 24.5. The van der Waals surface area contributed by atoms with Crippen molar-refractivity contribution in [2.75, 3.05) is 13.1 Å². The molecule has 114 valence electrons. The Morgan fingerprint density at radius 2 is 2.36 bits per heavy atom. The number of nitrogens with zero attached hydrogens (tertiary/aromatic N) is 4. The fraction of sp³-hybridized carbons (Fsp3) is 0.400. The zero-order chi connectivity index (χ0) is 15.1. The minimum Gasteiger partial charge on any atom is -0.337 e. The van der Waals surface area contributed by atoms with Crippen molar-refractivity contribution >= 4 is 33.4 Å². The van der Waals surface area contributed by atoms with E-state index in [2.05, 4.69) is 21.0 Å². The van der Waals surface area contributed by atoms with E-state index in [0.29, 0.717) is 11.6 Å². The van der Waals surface area contributed by atoms with Gasteiger partial charge in [-0.3, -0.25) is 9.20 Å². The molecule has 0 radical (unpaired) electrons. The van der Waals surface area contributed by atoms with Crippen molar-refractivity contribution in [3.63, 3.8) is 0 Å². The third kappa shape index (κ3) is 2.24. The molecule has 1 aliphatic rings. The molecule has 1 saturated heterocycles. The maximum absolute atomic E-state index is 12.5. The molecule has 0 bridgehead atoms. The van der Waals surface area contributed by atoms with Crippen molar-refractivity contribution in [2.45, 2.75) is 25.7 Å². The summed E-state index contributed by atoms with van der Waals surface area (Å²) < 4.78 is 2.14. The molecular formula is C15H16N4OS2. The molecule has 0 spiro atoms. The quantitative estimate of drug-likeness (QED) is 0.724. The van der Waals surface area contributed by atoms with Crippen LogP contribution in [-0.2, 0) is 0 Å². The number of fused-ring (bicyclic) bond motifs is 1. The topological polar surface area (TPSA) is 50.5 Å². The normalized spacial score (nSPS) is 19.0. The number of piperidine rings is 1. The average Bonchev–Trinajstić information content (AvgIpc) is 3.26. The van der Waals surface area contributed by atoms with Gasteiger partial charge in [0, 0.05) is 36.0 Å². The van der Waals surface area contributed by atoms with Crippen LogP contribution >= 0.6 is 22.7 Å². The summed E-state index contributed by atoms with van der Waals surface area (Å²) in [7, 11) is 0. The minimum absolute atomic E-state index is 0.0457. The SMILES string of the molecule is Cc1nc([C@H]2CCCN(C(=O)c3cscn3)C2)c2sccn12. The van der Waals surface area contributed by atoms with Crippen LogP contribution in [0.5, 0.6) is 0 Å². The monoisotopic (exact) mass is 332 g/mol. The lowest BCUT2D eigenvalue weighted by Gasteiger charge is -2.31. The number of imidazole rings is 1. The molecule has 0 aliphatic carbocycles. The Labute approximate surface area is 136 Å². The van der Waals surface area contributed by atoms with Gasteiger partial charge in [-0.1, -0.05) is 0 Å². The second-order valence-electron chi connectivity index (χ2n) is 5.59. The highest BCUT2D eigenvalue weighted by molar-refractivity contribution is 7.15. The third-order valence-corrected chi connectivity index (χ3v) is 5.68. The molecule has 4 heterocycles. The van der Waals surface area contributed by atoms with E-state index in [1.807, 2.05) is 17.2 Å². The zero-order valence-corrected chi connectivity index (χ0v) is 13.9. The number of aryl methyl sites for hydroxylation is 1. The Bertz CT molecular complexity index is 805. The smallest absolute Gasteiger partial charge is 0.273 e. The maximum Gasteiger partial charge on any atom is 0.273 e. The Morgan fingerprint density at radius 1 is 1.45 bits per heavy atom. The molecule has 7 heteroatoms. The highest BCUT2D eigenvalue weighted by Crippen LogP contribution is 2.32. The van der Waals surface area contributed by atoms with Gasteiger partial charge in [-0.15, -0.1) is 22.7 Å². The molecule has 3 aromatic heterocycles. The van der Waals surface area contributed by atoms with E-state index >= 15 is 0 Å². The molecule has 1 fully saturated rings. The number of aromatic nitrogens is 3. The van der Waals surface area contributed by atoms with Crippen LogP contribution in [0.4, 0.5) is 0 Å². The Morgan fingerprint density at radius 3 is 3.18 bits per heavy atom. The molecule has 5 nitrogen and oxygen atoms in total. The lowest BCUT2D eigenvalue weighted by Crippen LogP contribution is -2.39. The Kier molecular flexibility index (Phi) is 3.46. The zero-order valence-electron chi connectivity index (χ0n) is 12.2. The molecule has 0 aromatic carbocycles. The van der Waals surface area contributed by atoms with E-state index < -0.39 is 0 Å². The molecule has 22 heavy (non-hydrogen) atoms. The van der Waals surface area contributed by atoms with Crippen molar-refractivity contribution in [3.8, 4) is 0 Å². The predicted molar refractivity (Wildman–Crippen MR) is 87.8 cm³/mol. The first-order valence-corrected chi connectivity index (χ1v) is 9.16. The van der Waals surface area contributed by atoms with Gasteiger partial charge in [-0.25, -0.2) is 9.97 Å². The number of likely N-dealkylation sites (tertiary alicyclic amines) is 1. The minimum atomic E-state index is 0.0457. The van der Waals surface area contributed by atoms with E-state index in [1.165, 1.54) is 16.2 Å². The Hall–Kier alpha value is -1.73. The number of amides is 1. The van der Waals surface area contributed by atoms with Gasteiger partial charge in [0.15, 0.2) is 0 Å². The predicted octanol–water partition coefficient (Wildman–Crippen LogP) is 3.18. The van der Waals surface area contributed by atoms with Crippen molar-refractivity contribution in [1.82, 2.24) is 19.3 Å².